The molecule has 0 aliphatic heterocycles. The first-order valence-corrected chi connectivity index (χ1v) is 13.9. The Hall–Kier alpha value is -3.59. The normalized spacial score (nSPS) is 12.6. The maximum absolute atomic E-state index is 13.1. The number of aliphatic hydroxyl groups is 1. The van der Waals surface area contributed by atoms with Gasteiger partial charge in [-0.25, -0.2) is 9.59 Å². The van der Waals surface area contributed by atoms with Crippen LogP contribution in [0.4, 0.5) is 21.9 Å². The highest BCUT2D eigenvalue weighted by Crippen LogP contribution is 2.34. The van der Waals surface area contributed by atoms with Crippen molar-refractivity contribution in [3.63, 3.8) is 0 Å². The number of anilines is 3. The Kier molecular flexibility index (Phi) is 12.9. The third kappa shape index (κ3) is 10.9. The number of nitrogens with zero attached hydrogens (tertiary/aromatic N) is 1. The quantitative estimate of drug-likeness (QED) is 0.191. The van der Waals surface area contributed by atoms with Crippen molar-refractivity contribution in [1.29, 1.82) is 0 Å². The van der Waals surface area contributed by atoms with E-state index in [4.69, 9.17) is 9.47 Å². The number of carbonyl (C=O) groups excluding carboxylic acids is 3. The van der Waals surface area contributed by atoms with Crippen molar-refractivity contribution in [2.45, 2.75) is 73.3 Å². The number of urea groups is 1. The zero-order chi connectivity index (χ0) is 29.8. The van der Waals surface area contributed by atoms with Gasteiger partial charge in [-0.3, -0.25) is 4.79 Å². The van der Waals surface area contributed by atoms with Crippen molar-refractivity contribution in [2.24, 2.45) is 11.8 Å². The molecule has 0 aliphatic rings. The average molecular weight is 556 g/mol. The molecule has 2 rings (SSSR count). The van der Waals surface area contributed by atoms with Gasteiger partial charge in [0.15, 0.2) is 0 Å². The molecule has 9 heteroatoms. The van der Waals surface area contributed by atoms with E-state index >= 15 is 0 Å². The Morgan fingerprint density at radius 2 is 1.52 bits per heavy atom. The first-order chi connectivity index (χ1) is 18.9. The van der Waals surface area contributed by atoms with Gasteiger partial charge < -0.3 is 30.1 Å². The van der Waals surface area contributed by atoms with Gasteiger partial charge in [0.25, 0.3) is 0 Å². The minimum Gasteiger partial charge on any atom is -0.428 e. The maximum atomic E-state index is 13.1. The highest BCUT2D eigenvalue weighted by molar-refractivity contribution is 6.02. The second kappa shape index (κ2) is 15.9. The van der Waals surface area contributed by atoms with Crippen molar-refractivity contribution >= 4 is 35.0 Å². The van der Waals surface area contributed by atoms with Crippen LogP contribution >= 0.6 is 0 Å². The molecule has 0 aromatic heterocycles. The molecular formula is C31H45N3O6. The number of hydrogen-bond donors (Lipinski definition) is 3. The van der Waals surface area contributed by atoms with Crippen molar-refractivity contribution in [3.8, 4) is 0 Å². The Bertz CT molecular complexity index is 1100. The molecule has 0 unspecified atom stereocenters. The molecule has 220 valence electrons. The van der Waals surface area contributed by atoms with Crippen molar-refractivity contribution < 1.29 is 29.0 Å². The van der Waals surface area contributed by atoms with Gasteiger partial charge in [-0.15, -0.1) is 0 Å². The molecule has 2 aromatic carbocycles. The smallest absolute Gasteiger partial charge is 0.337 e. The summed E-state index contributed by atoms with van der Waals surface area (Å²) in [5, 5.41) is 15.1. The van der Waals surface area contributed by atoms with Crippen molar-refractivity contribution in [1.82, 2.24) is 0 Å². The van der Waals surface area contributed by atoms with Gasteiger partial charge in [-0.2, -0.15) is 0 Å². The number of benzene rings is 2. The summed E-state index contributed by atoms with van der Waals surface area (Å²) in [6.07, 6.45) is -0.571. The minimum atomic E-state index is -1.29. The molecule has 9 nitrogen and oxygen atoms in total. The second-order valence-electron chi connectivity index (χ2n) is 11.0. The van der Waals surface area contributed by atoms with E-state index < -0.39 is 24.8 Å². The Balaban J connectivity index is 2.30. The molecule has 0 aliphatic carbocycles. The lowest BCUT2D eigenvalue weighted by Crippen LogP contribution is -2.32. The van der Waals surface area contributed by atoms with E-state index in [1.807, 2.05) is 56.3 Å². The monoisotopic (exact) mass is 555 g/mol. The van der Waals surface area contributed by atoms with Crippen LogP contribution in [-0.4, -0.2) is 49.1 Å². The zero-order valence-corrected chi connectivity index (χ0v) is 24.8. The zero-order valence-electron chi connectivity index (χ0n) is 24.8. The summed E-state index contributed by atoms with van der Waals surface area (Å²) in [4.78, 5) is 39.2. The molecule has 0 fully saturated rings. The molecule has 2 aromatic rings. The Morgan fingerprint density at radius 1 is 0.900 bits per heavy atom. The van der Waals surface area contributed by atoms with E-state index in [1.54, 1.807) is 0 Å². The summed E-state index contributed by atoms with van der Waals surface area (Å²) in [6.45, 7) is 15.0. The number of amides is 2. The molecule has 0 saturated heterocycles. The average Bonchev–Trinajstić information content (AvgIpc) is 2.87. The molecule has 3 N–H and O–H groups in total. The number of aliphatic hydroxyl groups excluding tert-OH is 1. The number of carbonyl (C=O) groups is 3. The SMILES string of the molecule is CC[C@@H](CC(=O)OCOC(=O)[C@H](C)O)c1ccc(N(CC(C)C)CC(C)C)c(NC(=O)Nc2ccc(C)cc2)c1. The molecule has 0 heterocycles. The highest BCUT2D eigenvalue weighted by Gasteiger charge is 2.21. The highest BCUT2D eigenvalue weighted by atomic mass is 16.7. The molecule has 0 saturated carbocycles. The topological polar surface area (TPSA) is 117 Å². The number of hydrogen-bond acceptors (Lipinski definition) is 7. The lowest BCUT2D eigenvalue weighted by Gasteiger charge is -2.31. The van der Waals surface area contributed by atoms with Gasteiger partial charge in [-0.05, 0) is 67.9 Å². The maximum Gasteiger partial charge on any atom is 0.337 e. The molecule has 2 amide bonds. The van der Waals surface area contributed by atoms with Gasteiger partial charge in [0.2, 0.25) is 6.79 Å². The summed E-state index contributed by atoms with van der Waals surface area (Å²) in [5.41, 5.74) is 4.23. The summed E-state index contributed by atoms with van der Waals surface area (Å²) in [7, 11) is 0. The van der Waals surface area contributed by atoms with Crippen LogP contribution in [0.2, 0.25) is 0 Å². The lowest BCUT2D eigenvalue weighted by atomic mass is 9.92. The summed E-state index contributed by atoms with van der Waals surface area (Å²) in [6, 6.07) is 13.1. The largest absolute Gasteiger partial charge is 0.428 e. The molecule has 0 spiro atoms. The summed E-state index contributed by atoms with van der Waals surface area (Å²) >= 11 is 0. The molecule has 2 atom stereocenters. The second-order valence-corrected chi connectivity index (χ2v) is 11.0. The summed E-state index contributed by atoms with van der Waals surface area (Å²) < 4.78 is 9.78. The number of ether oxygens (including phenoxy) is 2. The summed E-state index contributed by atoms with van der Waals surface area (Å²) in [5.74, 6) is -0.745. The van der Waals surface area contributed by atoms with Gasteiger partial charge >= 0.3 is 18.0 Å². The Labute approximate surface area is 238 Å². The van der Waals surface area contributed by atoms with Gasteiger partial charge in [0.05, 0.1) is 17.8 Å². The number of aryl methyl sites for hydroxylation is 1. The van der Waals surface area contributed by atoms with Crippen molar-refractivity contribution in [3.05, 3.63) is 53.6 Å². The number of nitrogens with one attached hydrogen (secondary N) is 2. The molecule has 0 radical (unpaired) electrons. The van der Waals surface area contributed by atoms with E-state index in [0.717, 1.165) is 29.9 Å². The van der Waals surface area contributed by atoms with Crippen LogP contribution in [0.5, 0.6) is 0 Å². The fourth-order valence-corrected chi connectivity index (χ4v) is 4.29. The van der Waals surface area contributed by atoms with Gasteiger partial charge in [0, 0.05) is 18.8 Å². The number of rotatable bonds is 14. The Morgan fingerprint density at radius 3 is 2.08 bits per heavy atom. The van der Waals surface area contributed by atoms with E-state index in [1.165, 1.54) is 6.92 Å². The van der Waals surface area contributed by atoms with Crippen molar-refractivity contribution in [2.75, 3.05) is 35.4 Å². The third-order valence-corrected chi connectivity index (χ3v) is 6.23. The van der Waals surface area contributed by atoms with Crippen LogP contribution < -0.4 is 15.5 Å². The fraction of sp³-hybridized carbons (Fsp3) is 0.516. The van der Waals surface area contributed by atoms with Gasteiger partial charge in [-0.1, -0.05) is 58.4 Å². The van der Waals surface area contributed by atoms with Gasteiger partial charge in [0.1, 0.15) is 6.10 Å². The van der Waals surface area contributed by atoms with Crippen LogP contribution in [0.15, 0.2) is 42.5 Å². The van der Waals surface area contributed by atoms with Crippen LogP contribution in [0.25, 0.3) is 0 Å². The minimum absolute atomic E-state index is 0.0682. The van der Waals surface area contributed by atoms with Crippen LogP contribution in [0, 0.1) is 18.8 Å². The van der Waals surface area contributed by atoms with Crippen LogP contribution in [0.3, 0.4) is 0 Å². The molecule has 0 bridgehead atoms. The lowest BCUT2D eigenvalue weighted by molar-refractivity contribution is -0.172. The van der Waals surface area contributed by atoms with E-state index in [9.17, 15) is 19.5 Å². The predicted molar refractivity (Wildman–Crippen MR) is 159 cm³/mol. The molecular weight excluding hydrogens is 510 g/mol. The van der Waals surface area contributed by atoms with E-state index in [-0.39, 0.29) is 18.4 Å². The fourth-order valence-electron chi connectivity index (χ4n) is 4.29. The van der Waals surface area contributed by atoms with Crippen LogP contribution in [0.1, 0.15) is 71.4 Å². The standard InChI is InChI=1S/C31H45N3O6/c1-8-24(16-29(36)39-19-40-30(37)23(7)35)25-11-14-28(34(17-20(2)3)18-21(4)5)27(15-25)33-31(38)32-26-12-9-22(6)10-13-26/h9-15,20-21,23-24,35H,8,16-19H2,1-7H3,(H2,32,33,38)/t23-,24-/m0/s1. The van der Waals surface area contributed by atoms with E-state index in [0.29, 0.717) is 29.6 Å². The first kappa shape index (κ1) is 32.6. The third-order valence-electron chi connectivity index (χ3n) is 6.23. The predicted octanol–water partition coefficient (Wildman–Crippen LogP) is 6.07. The number of esters is 2. The first-order valence-electron chi connectivity index (χ1n) is 13.9. The van der Waals surface area contributed by atoms with E-state index in [2.05, 4.69) is 43.2 Å². The van der Waals surface area contributed by atoms with Crippen LogP contribution in [-0.2, 0) is 19.1 Å². The molecule has 40 heavy (non-hydrogen) atoms.